The highest BCUT2D eigenvalue weighted by atomic mass is 16.5. The van der Waals surface area contributed by atoms with Crippen molar-refractivity contribution < 1.29 is 14.3 Å². The number of rotatable bonds is 4. The zero-order chi connectivity index (χ0) is 15.4. The molecule has 1 aliphatic carbocycles. The molecule has 0 saturated heterocycles. The Morgan fingerprint density at radius 3 is 2.57 bits per heavy atom. The van der Waals surface area contributed by atoms with E-state index < -0.39 is 0 Å². The van der Waals surface area contributed by atoms with Gasteiger partial charge in [0.2, 0.25) is 0 Å². The standard InChI is InChI=1S/C16H24N2O3/c1-18(13-9-5-4-8-12(13)17)16(19)11-7-6-10-14(20-2)15(11)21-3/h6-7,10,12-13H,4-5,8-9,17H2,1-3H3. The molecule has 5 nitrogen and oxygen atoms in total. The number of nitrogens with two attached hydrogens (primary N) is 1. The van der Waals surface area contributed by atoms with E-state index >= 15 is 0 Å². The second-order valence-corrected chi connectivity index (χ2v) is 5.47. The zero-order valence-electron chi connectivity index (χ0n) is 13.0. The third-order valence-electron chi connectivity index (χ3n) is 4.23. The van der Waals surface area contributed by atoms with E-state index in [-0.39, 0.29) is 18.0 Å². The number of hydrogen-bond acceptors (Lipinski definition) is 4. The number of carbonyl (C=O) groups excluding carboxylic acids is 1. The summed E-state index contributed by atoms with van der Waals surface area (Å²) < 4.78 is 10.6. The average Bonchev–Trinajstić information content (AvgIpc) is 2.53. The smallest absolute Gasteiger partial charge is 0.257 e. The first-order valence-corrected chi connectivity index (χ1v) is 7.34. The topological polar surface area (TPSA) is 64.8 Å². The molecule has 1 aromatic rings. The van der Waals surface area contributed by atoms with E-state index in [1.165, 1.54) is 0 Å². The van der Waals surface area contributed by atoms with Gasteiger partial charge < -0.3 is 20.1 Å². The summed E-state index contributed by atoms with van der Waals surface area (Å²) in [6, 6.07) is 5.46. The van der Waals surface area contributed by atoms with Gasteiger partial charge in [0, 0.05) is 19.1 Å². The summed E-state index contributed by atoms with van der Waals surface area (Å²) in [6.07, 6.45) is 4.18. The molecule has 21 heavy (non-hydrogen) atoms. The highest BCUT2D eigenvalue weighted by Crippen LogP contribution is 2.32. The van der Waals surface area contributed by atoms with E-state index in [1.54, 1.807) is 37.3 Å². The van der Waals surface area contributed by atoms with Crippen LogP contribution in [0.5, 0.6) is 11.5 Å². The van der Waals surface area contributed by atoms with Gasteiger partial charge in [-0.05, 0) is 25.0 Å². The molecule has 0 heterocycles. The molecule has 2 N–H and O–H groups in total. The van der Waals surface area contributed by atoms with E-state index in [4.69, 9.17) is 15.2 Å². The molecule has 1 saturated carbocycles. The second kappa shape index (κ2) is 6.80. The van der Waals surface area contributed by atoms with Crippen LogP contribution in [-0.2, 0) is 0 Å². The lowest BCUT2D eigenvalue weighted by molar-refractivity contribution is 0.0668. The SMILES string of the molecule is COc1cccc(C(=O)N(C)C2CCCCC2N)c1OC. The maximum Gasteiger partial charge on any atom is 0.257 e. The van der Waals surface area contributed by atoms with Gasteiger partial charge in [0.15, 0.2) is 11.5 Å². The lowest BCUT2D eigenvalue weighted by Gasteiger charge is -2.36. The number of carbonyl (C=O) groups is 1. The van der Waals surface area contributed by atoms with Crippen molar-refractivity contribution in [2.24, 2.45) is 5.73 Å². The van der Waals surface area contributed by atoms with Crippen molar-refractivity contribution >= 4 is 5.91 Å². The normalized spacial score (nSPS) is 21.7. The summed E-state index contributed by atoms with van der Waals surface area (Å²) in [6.45, 7) is 0. The van der Waals surface area contributed by atoms with Crippen LogP contribution in [0.4, 0.5) is 0 Å². The lowest BCUT2D eigenvalue weighted by atomic mass is 9.89. The van der Waals surface area contributed by atoms with Gasteiger partial charge in [-0.3, -0.25) is 4.79 Å². The minimum absolute atomic E-state index is 0.0457. The van der Waals surface area contributed by atoms with Crippen LogP contribution in [0.25, 0.3) is 0 Å². The maximum atomic E-state index is 12.8. The van der Waals surface area contributed by atoms with Gasteiger partial charge in [-0.1, -0.05) is 18.9 Å². The van der Waals surface area contributed by atoms with Crippen LogP contribution in [-0.4, -0.2) is 44.2 Å². The van der Waals surface area contributed by atoms with Crippen LogP contribution in [0.3, 0.4) is 0 Å². The summed E-state index contributed by atoms with van der Waals surface area (Å²) in [5.41, 5.74) is 6.68. The summed E-state index contributed by atoms with van der Waals surface area (Å²) >= 11 is 0. The molecule has 0 radical (unpaired) electrons. The van der Waals surface area contributed by atoms with Crippen molar-refractivity contribution in [3.63, 3.8) is 0 Å². The fourth-order valence-electron chi connectivity index (χ4n) is 3.02. The van der Waals surface area contributed by atoms with Crippen LogP contribution in [0, 0.1) is 0 Å². The molecule has 2 unspecified atom stereocenters. The number of para-hydroxylation sites is 1. The molecule has 0 aromatic heterocycles. The number of likely N-dealkylation sites (N-methyl/N-ethyl adjacent to an activating group) is 1. The lowest BCUT2D eigenvalue weighted by Crippen LogP contribution is -2.50. The van der Waals surface area contributed by atoms with Crippen molar-refractivity contribution in [3.8, 4) is 11.5 Å². The zero-order valence-corrected chi connectivity index (χ0v) is 13.0. The van der Waals surface area contributed by atoms with Crippen molar-refractivity contribution in [2.45, 2.75) is 37.8 Å². The Balaban J connectivity index is 2.26. The number of benzene rings is 1. The van der Waals surface area contributed by atoms with Crippen LogP contribution < -0.4 is 15.2 Å². The summed E-state index contributed by atoms with van der Waals surface area (Å²) in [7, 11) is 4.92. The van der Waals surface area contributed by atoms with Gasteiger partial charge in [0.25, 0.3) is 5.91 Å². The maximum absolute atomic E-state index is 12.8. The fraction of sp³-hybridized carbons (Fsp3) is 0.562. The Bertz CT molecular complexity index is 504. The molecule has 2 atom stereocenters. The third kappa shape index (κ3) is 3.13. The van der Waals surface area contributed by atoms with E-state index in [2.05, 4.69) is 0 Å². The van der Waals surface area contributed by atoms with Gasteiger partial charge in [-0.25, -0.2) is 0 Å². The molecule has 116 valence electrons. The number of ether oxygens (including phenoxy) is 2. The fourth-order valence-corrected chi connectivity index (χ4v) is 3.02. The molecular formula is C16H24N2O3. The first kappa shape index (κ1) is 15.6. The van der Waals surface area contributed by atoms with Gasteiger partial charge in [0.05, 0.1) is 19.8 Å². The highest BCUT2D eigenvalue weighted by Gasteiger charge is 2.30. The summed E-state index contributed by atoms with van der Waals surface area (Å²) in [4.78, 5) is 14.5. The monoisotopic (exact) mass is 292 g/mol. The van der Waals surface area contributed by atoms with Crippen LogP contribution in [0.15, 0.2) is 18.2 Å². The van der Waals surface area contributed by atoms with Crippen LogP contribution >= 0.6 is 0 Å². The Kier molecular flexibility index (Phi) is 5.07. The number of amides is 1. The minimum Gasteiger partial charge on any atom is -0.493 e. The van der Waals surface area contributed by atoms with Crippen molar-refractivity contribution in [1.29, 1.82) is 0 Å². The quantitative estimate of drug-likeness (QED) is 0.922. The number of nitrogens with zero attached hydrogens (tertiary/aromatic N) is 1. The van der Waals surface area contributed by atoms with E-state index in [0.717, 1.165) is 25.7 Å². The van der Waals surface area contributed by atoms with Gasteiger partial charge >= 0.3 is 0 Å². The Hall–Kier alpha value is -1.75. The molecule has 0 bridgehead atoms. The average molecular weight is 292 g/mol. The molecule has 1 fully saturated rings. The largest absolute Gasteiger partial charge is 0.493 e. The van der Waals surface area contributed by atoms with Gasteiger partial charge in [0.1, 0.15) is 0 Å². The van der Waals surface area contributed by atoms with Gasteiger partial charge in [-0.15, -0.1) is 0 Å². The predicted molar refractivity (Wildman–Crippen MR) is 81.9 cm³/mol. The molecule has 0 aliphatic heterocycles. The van der Waals surface area contributed by atoms with Gasteiger partial charge in [-0.2, -0.15) is 0 Å². The van der Waals surface area contributed by atoms with Crippen LogP contribution in [0.2, 0.25) is 0 Å². The Morgan fingerprint density at radius 1 is 1.24 bits per heavy atom. The third-order valence-corrected chi connectivity index (χ3v) is 4.23. The second-order valence-electron chi connectivity index (χ2n) is 5.47. The molecule has 1 aromatic carbocycles. The molecule has 5 heteroatoms. The minimum atomic E-state index is -0.0758. The first-order chi connectivity index (χ1) is 10.1. The van der Waals surface area contributed by atoms with Crippen molar-refractivity contribution in [2.75, 3.05) is 21.3 Å². The molecule has 1 amide bonds. The molecule has 1 aliphatic rings. The number of methoxy groups -OCH3 is 2. The molecule has 0 spiro atoms. The molecular weight excluding hydrogens is 268 g/mol. The Morgan fingerprint density at radius 2 is 1.95 bits per heavy atom. The highest BCUT2D eigenvalue weighted by molar-refractivity contribution is 5.98. The number of hydrogen-bond donors (Lipinski definition) is 1. The van der Waals surface area contributed by atoms with E-state index in [0.29, 0.717) is 17.1 Å². The summed E-state index contributed by atoms with van der Waals surface area (Å²) in [5, 5.41) is 0. The van der Waals surface area contributed by atoms with Crippen LogP contribution in [0.1, 0.15) is 36.0 Å². The van der Waals surface area contributed by atoms with Crippen molar-refractivity contribution in [3.05, 3.63) is 23.8 Å². The Labute approximate surface area is 126 Å². The first-order valence-electron chi connectivity index (χ1n) is 7.34. The summed E-state index contributed by atoms with van der Waals surface area (Å²) in [5.74, 6) is 0.957. The van der Waals surface area contributed by atoms with E-state index in [9.17, 15) is 4.79 Å². The van der Waals surface area contributed by atoms with Crippen molar-refractivity contribution in [1.82, 2.24) is 4.90 Å². The predicted octanol–water partition coefficient (Wildman–Crippen LogP) is 2.05. The van der Waals surface area contributed by atoms with E-state index in [1.807, 2.05) is 7.05 Å². The molecule has 2 rings (SSSR count).